The van der Waals surface area contributed by atoms with E-state index in [-0.39, 0.29) is 5.41 Å². The predicted octanol–water partition coefficient (Wildman–Crippen LogP) is 2.93. The van der Waals surface area contributed by atoms with Crippen LogP contribution in [0.5, 0.6) is 0 Å². The Kier molecular flexibility index (Phi) is 3.54. The molecule has 0 N–H and O–H groups in total. The molecule has 0 radical (unpaired) electrons. The van der Waals surface area contributed by atoms with Crippen molar-refractivity contribution in [2.24, 2.45) is 5.41 Å². The predicted molar refractivity (Wildman–Crippen MR) is 83.8 cm³/mol. The largest absolute Gasteiger partial charge is 0.426 e. The van der Waals surface area contributed by atoms with E-state index in [1.54, 1.807) is 0 Å². The van der Waals surface area contributed by atoms with Crippen LogP contribution in [0, 0.1) is 5.41 Å². The molecule has 19 heavy (non-hydrogen) atoms. The maximum absolute atomic E-state index is 5.78. The number of hydrogen-bond donors (Lipinski definition) is 0. The Morgan fingerprint density at radius 2 is 1.26 bits per heavy atom. The first-order valence-electron chi connectivity index (χ1n) is 6.95. The van der Waals surface area contributed by atoms with E-state index in [9.17, 15) is 0 Å². The molecule has 0 bridgehead atoms. The molecule has 0 aromatic rings. The van der Waals surface area contributed by atoms with Gasteiger partial charge in [-0.15, -0.1) is 0 Å². The summed E-state index contributed by atoms with van der Waals surface area (Å²) in [5, 5.41) is 0. The highest BCUT2D eigenvalue weighted by molar-refractivity contribution is 5.98. The molecule has 98 valence electrons. The molecule has 0 saturated carbocycles. The topological polar surface area (TPSA) is 9.23 Å². The second kappa shape index (κ2) is 5.31. The summed E-state index contributed by atoms with van der Waals surface area (Å²) < 4.78 is 5.78. The van der Waals surface area contributed by atoms with Crippen LogP contribution in [-0.2, 0) is 4.43 Å². The third kappa shape index (κ3) is 2.05. The van der Waals surface area contributed by atoms with Crippen molar-refractivity contribution >= 4 is 10.5 Å². The number of rotatable bonds is 5. The summed E-state index contributed by atoms with van der Waals surface area (Å²) >= 11 is 0. The minimum Gasteiger partial charge on any atom is -0.426 e. The van der Waals surface area contributed by atoms with Gasteiger partial charge in [-0.05, 0) is 36.0 Å². The average Bonchev–Trinajstić information content (AvgIpc) is 3.18. The minimum absolute atomic E-state index is 0.00174. The molecule has 3 aliphatic rings. The van der Waals surface area contributed by atoms with Crippen molar-refractivity contribution in [3.8, 4) is 0 Å². The van der Waals surface area contributed by atoms with Crippen molar-refractivity contribution in [2.75, 3.05) is 6.61 Å². The van der Waals surface area contributed by atoms with E-state index in [1.807, 2.05) is 0 Å². The van der Waals surface area contributed by atoms with Crippen molar-refractivity contribution < 1.29 is 4.43 Å². The third-order valence-corrected chi connectivity index (χ3v) is 4.61. The summed E-state index contributed by atoms with van der Waals surface area (Å²) in [6.45, 7) is 0.799. The van der Waals surface area contributed by atoms with E-state index in [4.69, 9.17) is 4.43 Å². The summed E-state index contributed by atoms with van der Waals surface area (Å²) in [7, 11) is 0.791. The third-order valence-electron chi connectivity index (χ3n) is 4.32. The molecule has 3 aliphatic carbocycles. The van der Waals surface area contributed by atoms with E-state index in [0.717, 1.165) is 36.4 Å². The van der Waals surface area contributed by atoms with E-state index in [2.05, 4.69) is 54.7 Å². The Labute approximate surface area is 118 Å². The number of allylic oxidation sites excluding steroid dienone is 9. The second-order valence-corrected chi connectivity index (χ2v) is 5.89. The average molecular weight is 268 g/mol. The highest BCUT2D eigenvalue weighted by Gasteiger charge is 2.41. The van der Waals surface area contributed by atoms with Gasteiger partial charge in [-0.2, -0.15) is 0 Å². The maximum Gasteiger partial charge on any atom is 0.146 e. The van der Waals surface area contributed by atoms with Crippen LogP contribution >= 0.6 is 0 Å². The zero-order valence-electron chi connectivity index (χ0n) is 11.4. The number of hydrogen-bond acceptors (Lipinski definition) is 1. The molecule has 3 rings (SSSR count). The van der Waals surface area contributed by atoms with Gasteiger partial charge in [0.05, 0.1) is 5.41 Å². The first-order chi connectivity index (χ1) is 9.38. The van der Waals surface area contributed by atoms with E-state index < -0.39 is 0 Å². The Morgan fingerprint density at radius 3 is 1.53 bits per heavy atom. The molecule has 0 spiro atoms. The van der Waals surface area contributed by atoms with Crippen LogP contribution < -0.4 is 0 Å². The molecule has 0 heterocycles. The van der Waals surface area contributed by atoms with Crippen LogP contribution in [-0.4, -0.2) is 17.1 Å². The highest BCUT2D eigenvalue weighted by atomic mass is 28.2. The molecule has 0 aromatic carbocycles. The van der Waals surface area contributed by atoms with Crippen molar-refractivity contribution in [1.82, 2.24) is 0 Å². The van der Waals surface area contributed by atoms with Gasteiger partial charge in [-0.1, -0.05) is 54.7 Å². The van der Waals surface area contributed by atoms with Gasteiger partial charge in [0.1, 0.15) is 10.5 Å². The van der Waals surface area contributed by atoms with Gasteiger partial charge in [0.15, 0.2) is 0 Å². The van der Waals surface area contributed by atoms with Crippen LogP contribution in [0.4, 0.5) is 0 Å². The lowest BCUT2D eigenvalue weighted by atomic mass is 9.67. The molecule has 0 aromatic heterocycles. The van der Waals surface area contributed by atoms with Crippen LogP contribution in [0.1, 0.15) is 19.3 Å². The Morgan fingerprint density at radius 1 is 0.842 bits per heavy atom. The zero-order chi connectivity index (χ0) is 13.1. The van der Waals surface area contributed by atoms with Gasteiger partial charge in [0.2, 0.25) is 0 Å². The molecule has 0 unspecified atom stereocenters. The summed E-state index contributed by atoms with van der Waals surface area (Å²) in [5.74, 6) is 0. The van der Waals surface area contributed by atoms with E-state index in [0.29, 0.717) is 0 Å². The van der Waals surface area contributed by atoms with Crippen molar-refractivity contribution in [2.45, 2.75) is 19.3 Å². The molecule has 0 fully saturated rings. The first-order valence-corrected chi connectivity index (χ1v) is 7.77. The fourth-order valence-electron chi connectivity index (χ4n) is 3.40. The molecule has 1 nitrogen and oxygen atoms in total. The van der Waals surface area contributed by atoms with Crippen LogP contribution in [0.3, 0.4) is 0 Å². The molecule has 0 aliphatic heterocycles. The van der Waals surface area contributed by atoms with Gasteiger partial charge in [0, 0.05) is 6.61 Å². The summed E-state index contributed by atoms with van der Waals surface area (Å²) in [6.07, 6.45) is 23.3. The van der Waals surface area contributed by atoms with Crippen LogP contribution in [0.25, 0.3) is 0 Å². The normalized spacial score (nSPS) is 21.2. The minimum atomic E-state index is -0.00174. The fourth-order valence-corrected chi connectivity index (χ4v) is 3.84. The molecular formula is C17H20OSi. The van der Waals surface area contributed by atoms with Gasteiger partial charge < -0.3 is 4.43 Å². The molecular weight excluding hydrogens is 248 g/mol. The Bertz CT molecular complexity index is 470. The molecule has 2 heteroatoms. The summed E-state index contributed by atoms with van der Waals surface area (Å²) in [6, 6.07) is 0. The standard InChI is InChI=1S/C17H20OSi/c19-18-13-17(14-7-1-2-8-14,15-9-3-4-10-15)16-11-5-6-12-16/h1-7,9,11H,8,10,12-13H2,19H3. The smallest absolute Gasteiger partial charge is 0.146 e. The Balaban J connectivity index is 2.05. The SMILES string of the molecule is [SiH3]OCC(C1=CC=CC1)(C1=CC=CC1)C1=CC=CC1. The van der Waals surface area contributed by atoms with Crippen molar-refractivity contribution in [3.63, 3.8) is 0 Å². The fraction of sp³-hybridized carbons (Fsp3) is 0.294. The van der Waals surface area contributed by atoms with Gasteiger partial charge in [-0.3, -0.25) is 0 Å². The van der Waals surface area contributed by atoms with Crippen LogP contribution in [0.2, 0.25) is 0 Å². The lowest BCUT2D eigenvalue weighted by Crippen LogP contribution is -2.32. The van der Waals surface area contributed by atoms with Crippen molar-refractivity contribution in [1.29, 1.82) is 0 Å². The highest BCUT2D eigenvalue weighted by Crippen LogP contribution is 2.50. The quantitative estimate of drug-likeness (QED) is 0.697. The zero-order valence-corrected chi connectivity index (χ0v) is 13.4. The van der Waals surface area contributed by atoms with Crippen LogP contribution in [0.15, 0.2) is 71.4 Å². The van der Waals surface area contributed by atoms with Gasteiger partial charge >= 0.3 is 0 Å². The lowest BCUT2D eigenvalue weighted by molar-refractivity contribution is 0.250. The Hall–Kier alpha value is -1.38. The summed E-state index contributed by atoms with van der Waals surface area (Å²) in [4.78, 5) is 0. The monoisotopic (exact) mass is 268 g/mol. The lowest BCUT2D eigenvalue weighted by Gasteiger charge is -2.38. The van der Waals surface area contributed by atoms with Gasteiger partial charge in [-0.25, -0.2) is 0 Å². The molecule has 0 saturated heterocycles. The van der Waals surface area contributed by atoms with Gasteiger partial charge in [0.25, 0.3) is 0 Å². The van der Waals surface area contributed by atoms with E-state index in [1.165, 1.54) is 16.7 Å². The first kappa shape index (κ1) is 12.6. The van der Waals surface area contributed by atoms with Crippen molar-refractivity contribution in [3.05, 3.63) is 71.4 Å². The summed E-state index contributed by atoms with van der Waals surface area (Å²) in [5.41, 5.74) is 4.48. The molecule has 0 amide bonds. The maximum atomic E-state index is 5.78. The second-order valence-electron chi connectivity index (χ2n) is 5.31. The van der Waals surface area contributed by atoms with E-state index >= 15 is 0 Å². The molecule has 0 atom stereocenters.